The number of ether oxygens (including phenoxy) is 1. The first-order chi connectivity index (χ1) is 25.9. The van der Waals surface area contributed by atoms with E-state index >= 15 is 0 Å². The Labute approximate surface area is 310 Å². The number of aliphatic hydroxyl groups is 1. The van der Waals surface area contributed by atoms with Crippen LogP contribution in [0.25, 0.3) is 21.5 Å². The lowest BCUT2D eigenvalue weighted by molar-refractivity contribution is -0.105. The molecule has 0 fully saturated rings. The van der Waals surface area contributed by atoms with Crippen LogP contribution in [-0.2, 0) is 17.6 Å². The van der Waals surface area contributed by atoms with Gasteiger partial charge in [-0.3, -0.25) is 4.79 Å². The van der Waals surface area contributed by atoms with Gasteiger partial charge in [-0.15, -0.1) is 0 Å². The summed E-state index contributed by atoms with van der Waals surface area (Å²) in [6.07, 6.45) is 0.525. The zero-order chi connectivity index (χ0) is 38.9. The van der Waals surface area contributed by atoms with Crippen molar-refractivity contribution in [1.29, 1.82) is 0 Å². The fourth-order valence-electron chi connectivity index (χ4n) is 6.24. The Kier molecular flexibility index (Phi) is 12.3. The van der Waals surface area contributed by atoms with Crippen LogP contribution in [0.3, 0.4) is 0 Å². The number of aliphatic hydroxyl groups excluding tert-OH is 1. The Hall–Kier alpha value is -6.63. The predicted octanol–water partition coefficient (Wildman–Crippen LogP) is 6.61. The number of carboxylic acid groups (broad SMARTS) is 2. The number of phenolic OH excluding ortho intramolecular Hbond substituents is 1. The lowest BCUT2D eigenvalue weighted by atomic mass is 9.90. The highest BCUT2D eigenvalue weighted by Crippen LogP contribution is 2.39. The molecule has 0 aliphatic rings. The van der Waals surface area contributed by atoms with Crippen LogP contribution in [0.1, 0.15) is 56.0 Å². The molecule has 6 aromatic carbocycles. The summed E-state index contributed by atoms with van der Waals surface area (Å²) in [4.78, 5) is 33.7. The molecule has 0 aliphatic heterocycles. The molecule has 0 radical (unpaired) electrons. The number of aromatic carboxylic acids is 2. The molecule has 278 valence electrons. The topological polar surface area (TPSA) is 206 Å². The molecular weight excluding hydrogens is 692 g/mol. The van der Waals surface area contributed by atoms with Crippen molar-refractivity contribution < 1.29 is 49.8 Å². The molecule has 0 heterocycles. The molecule has 2 atom stereocenters. The number of amides is 1. The average Bonchev–Trinajstić information content (AvgIpc) is 3.16. The third-order valence-corrected chi connectivity index (χ3v) is 9.05. The van der Waals surface area contributed by atoms with Crippen molar-refractivity contribution in [3.63, 3.8) is 0 Å². The Balaban J connectivity index is 0.000000210. The first-order valence-electron chi connectivity index (χ1n) is 16.9. The van der Waals surface area contributed by atoms with Gasteiger partial charge in [-0.25, -0.2) is 9.59 Å². The van der Waals surface area contributed by atoms with Crippen molar-refractivity contribution in [2.24, 2.45) is 0 Å². The lowest BCUT2D eigenvalue weighted by Crippen LogP contribution is -2.32. The van der Waals surface area contributed by atoms with Crippen LogP contribution < -0.4 is 15.4 Å². The minimum Gasteiger partial charge on any atom is -0.507 e. The number of rotatable bonds is 13. The fraction of sp³-hybridized carbons (Fsp3) is 0.167. The summed E-state index contributed by atoms with van der Waals surface area (Å²) in [6, 6.07) is 29.5. The molecule has 0 aromatic heterocycles. The molecule has 0 spiro atoms. The highest BCUT2D eigenvalue weighted by atomic mass is 16.5. The molecule has 8 N–H and O–H groups in total. The fourth-order valence-corrected chi connectivity index (χ4v) is 6.24. The van der Waals surface area contributed by atoms with E-state index in [1.165, 1.54) is 23.8 Å². The van der Waals surface area contributed by atoms with Gasteiger partial charge in [-0.1, -0.05) is 66.7 Å². The summed E-state index contributed by atoms with van der Waals surface area (Å²) in [5.74, 6) is -2.57. The van der Waals surface area contributed by atoms with Gasteiger partial charge < -0.3 is 46.0 Å². The van der Waals surface area contributed by atoms with Crippen LogP contribution in [-0.4, -0.2) is 68.7 Å². The first kappa shape index (κ1) is 38.6. The Morgan fingerprint density at radius 3 is 1.80 bits per heavy atom. The molecule has 6 rings (SSSR count). The summed E-state index contributed by atoms with van der Waals surface area (Å²) < 4.78 is 5.14. The van der Waals surface area contributed by atoms with Crippen molar-refractivity contribution in [3.8, 4) is 23.0 Å². The second-order valence-corrected chi connectivity index (χ2v) is 12.6. The van der Waals surface area contributed by atoms with Crippen molar-refractivity contribution in [2.45, 2.75) is 31.9 Å². The number of hydrogen-bond donors (Lipinski definition) is 8. The van der Waals surface area contributed by atoms with Crippen LogP contribution in [0, 0.1) is 0 Å². The molecule has 0 saturated heterocycles. The summed E-state index contributed by atoms with van der Waals surface area (Å²) >= 11 is 0. The Bertz CT molecular complexity index is 2210. The third kappa shape index (κ3) is 8.87. The van der Waals surface area contributed by atoms with E-state index in [2.05, 4.69) is 10.6 Å². The molecule has 6 aromatic rings. The van der Waals surface area contributed by atoms with Gasteiger partial charge in [0.1, 0.15) is 34.1 Å². The number of aromatic hydroxyl groups is 3. The lowest BCUT2D eigenvalue weighted by Gasteiger charge is -2.18. The van der Waals surface area contributed by atoms with Gasteiger partial charge in [-0.05, 0) is 82.4 Å². The predicted molar refractivity (Wildman–Crippen MR) is 205 cm³/mol. The summed E-state index contributed by atoms with van der Waals surface area (Å²) in [5.41, 5.74) is 2.18. The van der Waals surface area contributed by atoms with Crippen LogP contribution in [0.5, 0.6) is 23.0 Å². The number of carbonyl (C=O) groups excluding carboxylic acids is 1. The van der Waals surface area contributed by atoms with Crippen LogP contribution in [0.15, 0.2) is 103 Å². The molecule has 0 bridgehead atoms. The van der Waals surface area contributed by atoms with E-state index in [1.54, 1.807) is 67.8 Å². The molecule has 0 aliphatic carbocycles. The minimum atomic E-state index is -1.28. The maximum absolute atomic E-state index is 11.6. The average molecular weight is 733 g/mol. The zero-order valence-electron chi connectivity index (χ0n) is 29.5. The normalized spacial score (nSPS) is 12.0. The van der Waals surface area contributed by atoms with E-state index in [1.807, 2.05) is 31.2 Å². The van der Waals surface area contributed by atoms with E-state index < -0.39 is 29.5 Å². The van der Waals surface area contributed by atoms with E-state index in [0.717, 1.165) is 12.2 Å². The summed E-state index contributed by atoms with van der Waals surface area (Å²) in [6.45, 7) is 2.41. The number of anilines is 1. The molecule has 12 heteroatoms. The standard InChI is InChI=1S/C23H16O6.C19H24N2O4/c24-20-16(14-7-3-1-5-12(14)9-18(20)22(26)27)11-17-15-8-4-2-6-13(15)10-19(21(17)25)23(28)29;1-13(9-14-3-6-16(25-2)7-4-14)20-11-19(24)15-5-8-18(23)17(10-15)21-12-22/h1-10,24-25H,11H2,(H,26,27)(H,28,29);3-8,10,12-13,19-20,23-24H,9,11H2,1-2H3,(H,21,22). The highest BCUT2D eigenvalue weighted by molar-refractivity contribution is 6.02. The molecule has 0 saturated carbocycles. The van der Waals surface area contributed by atoms with Gasteiger partial charge in [0, 0.05) is 30.1 Å². The van der Waals surface area contributed by atoms with E-state index in [9.17, 15) is 45.0 Å². The van der Waals surface area contributed by atoms with E-state index in [4.69, 9.17) is 4.74 Å². The minimum absolute atomic E-state index is 0.0381. The quantitative estimate of drug-likeness (QED) is 0.0468. The van der Waals surface area contributed by atoms with Gasteiger partial charge >= 0.3 is 11.9 Å². The van der Waals surface area contributed by atoms with Crippen molar-refractivity contribution in [1.82, 2.24) is 5.32 Å². The second kappa shape index (κ2) is 17.3. The van der Waals surface area contributed by atoms with E-state index in [0.29, 0.717) is 51.2 Å². The van der Waals surface area contributed by atoms with Crippen molar-refractivity contribution in [2.75, 3.05) is 19.0 Å². The molecular formula is C42H40N2O10. The van der Waals surface area contributed by atoms with Gasteiger partial charge in [-0.2, -0.15) is 0 Å². The molecule has 12 nitrogen and oxygen atoms in total. The molecule has 1 amide bonds. The number of carboxylic acids is 2. The van der Waals surface area contributed by atoms with Crippen molar-refractivity contribution in [3.05, 3.63) is 137 Å². The van der Waals surface area contributed by atoms with Gasteiger partial charge in [0.25, 0.3) is 0 Å². The number of benzene rings is 6. The highest BCUT2D eigenvalue weighted by Gasteiger charge is 2.22. The number of methoxy groups -OCH3 is 1. The van der Waals surface area contributed by atoms with Crippen LogP contribution in [0.4, 0.5) is 5.69 Å². The SMILES string of the molecule is COc1ccc(CC(C)NCC(O)c2ccc(O)c(NC=O)c2)cc1.O=C(O)c1cc2ccccc2c(Cc2c(O)c(C(=O)O)cc3ccccc23)c1O. The van der Waals surface area contributed by atoms with Crippen molar-refractivity contribution >= 4 is 45.6 Å². The molecule has 54 heavy (non-hydrogen) atoms. The smallest absolute Gasteiger partial charge is 0.339 e. The van der Waals surface area contributed by atoms with E-state index in [-0.39, 0.29) is 35.0 Å². The van der Waals surface area contributed by atoms with Crippen LogP contribution >= 0.6 is 0 Å². The largest absolute Gasteiger partial charge is 0.507 e. The van der Waals surface area contributed by atoms with Gasteiger partial charge in [0.2, 0.25) is 6.41 Å². The number of carbonyl (C=O) groups is 3. The Morgan fingerprint density at radius 1 is 0.759 bits per heavy atom. The number of nitrogens with one attached hydrogen (secondary N) is 2. The zero-order valence-corrected chi connectivity index (χ0v) is 29.5. The van der Waals surface area contributed by atoms with Crippen LogP contribution in [0.2, 0.25) is 0 Å². The first-order valence-corrected chi connectivity index (χ1v) is 16.9. The van der Waals surface area contributed by atoms with Gasteiger partial charge in [0.05, 0.1) is 18.9 Å². The maximum Gasteiger partial charge on any atom is 0.339 e. The summed E-state index contributed by atoms with van der Waals surface area (Å²) in [5, 5.41) is 68.4. The number of phenols is 3. The third-order valence-electron chi connectivity index (χ3n) is 9.05. The molecule has 2 unspecified atom stereocenters. The number of hydrogen-bond acceptors (Lipinski definition) is 9. The Morgan fingerprint density at radius 2 is 1.30 bits per heavy atom. The maximum atomic E-state index is 11.6. The number of fused-ring (bicyclic) bond motifs is 2. The monoisotopic (exact) mass is 732 g/mol. The van der Waals surface area contributed by atoms with Gasteiger partial charge in [0.15, 0.2) is 0 Å². The summed E-state index contributed by atoms with van der Waals surface area (Å²) in [7, 11) is 1.64. The second-order valence-electron chi connectivity index (χ2n) is 12.6.